The Morgan fingerprint density at radius 1 is 1.12 bits per heavy atom. The fourth-order valence-electron chi connectivity index (χ4n) is 5.28. The number of piperidine rings is 2. The second kappa shape index (κ2) is 9.92. The van der Waals surface area contributed by atoms with Crippen LogP contribution in [0, 0.1) is 11.7 Å². The molecule has 2 saturated heterocycles. The Labute approximate surface area is 203 Å². The number of halogens is 1. The monoisotopic (exact) mass is 482 g/mol. The smallest absolute Gasteiger partial charge is 0.225 e. The number of nitrogens with two attached hydrogens (primary N) is 1. The molecule has 180 valence electrons. The molecule has 0 aliphatic carbocycles. The van der Waals surface area contributed by atoms with Crippen LogP contribution in [0.15, 0.2) is 41.7 Å². The van der Waals surface area contributed by atoms with Crippen LogP contribution in [0.25, 0.3) is 11.0 Å². The maximum absolute atomic E-state index is 13.7. The number of amides is 1. The van der Waals surface area contributed by atoms with Gasteiger partial charge in [0.05, 0.1) is 11.0 Å². The van der Waals surface area contributed by atoms with Crippen molar-refractivity contribution in [2.24, 2.45) is 5.92 Å². The van der Waals surface area contributed by atoms with Gasteiger partial charge in [-0.2, -0.15) is 0 Å². The quantitative estimate of drug-likeness (QED) is 0.555. The van der Waals surface area contributed by atoms with Gasteiger partial charge < -0.3 is 15.2 Å². The first-order valence-corrected chi connectivity index (χ1v) is 13.2. The van der Waals surface area contributed by atoms with Crippen LogP contribution in [-0.2, 0) is 11.3 Å². The fourth-order valence-corrected chi connectivity index (χ4v) is 5.91. The summed E-state index contributed by atoms with van der Waals surface area (Å²) in [6.45, 7) is 4.21. The molecule has 9 heteroatoms. The zero-order chi connectivity index (χ0) is 23.7. The molecule has 0 unspecified atom stereocenters. The lowest BCUT2D eigenvalue weighted by molar-refractivity contribution is -0.138. The molecule has 3 aromatic rings. The highest BCUT2D eigenvalue weighted by Crippen LogP contribution is 2.33. The average molecular weight is 483 g/mol. The number of hydrogen-bond donors (Lipinski definition) is 1. The van der Waals surface area contributed by atoms with Crippen LogP contribution in [0.2, 0.25) is 0 Å². The summed E-state index contributed by atoms with van der Waals surface area (Å²) in [4.78, 5) is 26.5. The number of pyridine rings is 1. The van der Waals surface area contributed by atoms with Gasteiger partial charge in [-0.25, -0.2) is 14.4 Å². The summed E-state index contributed by atoms with van der Waals surface area (Å²) in [5.74, 6) is 0.684. The normalized spacial score (nSPS) is 18.6. The van der Waals surface area contributed by atoms with Crippen molar-refractivity contribution >= 4 is 34.5 Å². The van der Waals surface area contributed by atoms with Crippen molar-refractivity contribution in [2.75, 3.05) is 38.2 Å². The molecular weight excluding hydrogens is 451 g/mol. The van der Waals surface area contributed by atoms with Crippen molar-refractivity contribution in [3.05, 3.63) is 47.9 Å². The van der Waals surface area contributed by atoms with E-state index in [0.717, 1.165) is 74.6 Å². The lowest BCUT2D eigenvalue weighted by Gasteiger charge is -2.38. The Morgan fingerprint density at radius 3 is 2.56 bits per heavy atom. The standard InChI is InChI=1S/C25H31FN6OS/c1-34-25-29-21-14-19(26)3-4-22(21)32(25)20-8-12-31(13-9-20)24(33)18-6-10-30(11-7-18)16-17-2-5-23(27)28-15-17/h2-5,14-15,18,20H,6-13,16H2,1H3,(H2,27,28). The Kier molecular flexibility index (Phi) is 6.74. The van der Waals surface area contributed by atoms with Crippen LogP contribution < -0.4 is 5.73 Å². The summed E-state index contributed by atoms with van der Waals surface area (Å²) in [7, 11) is 0. The Balaban J connectivity index is 1.16. The van der Waals surface area contributed by atoms with Gasteiger partial charge in [0.15, 0.2) is 5.16 Å². The second-order valence-corrected chi connectivity index (χ2v) is 10.1. The highest BCUT2D eigenvalue weighted by Gasteiger charge is 2.32. The molecule has 2 aliphatic rings. The third-order valence-corrected chi connectivity index (χ3v) is 7.79. The van der Waals surface area contributed by atoms with Crippen molar-refractivity contribution in [3.63, 3.8) is 0 Å². The van der Waals surface area contributed by atoms with Crippen LogP contribution in [0.4, 0.5) is 10.2 Å². The lowest BCUT2D eigenvalue weighted by atomic mass is 9.93. The number of hydrogen-bond acceptors (Lipinski definition) is 6. The molecule has 0 spiro atoms. The van der Waals surface area contributed by atoms with Crippen LogP contribution >= 0.6 is 11.8 Å². The van der Waals surface area contributed by atoms with Crippen molar-refractivity contribution in [3.8, 4) is 0 Å². The molecule has 2 fully saturated rings. The number of likely N-dealkylation sites (tertiary alicyclic amines) is 2. The maximum atomic E-state index is 13.7. The molecule has 2 aromatic heterocycles. The molecule has 0 saturated carbocycles. The minimum absolute atomic E-state index is 0.108. The van der Waals surface area contributed by atoms with Gasteiger partial charge in [0.2, 0.25) is 5.91 Å². The van der Waals surface area contributed by atoms with Crippen molar-refractivity contribution in [1.29, 1.82) is 0 Å². The van der Waals surface area contributed by atoms with E-state index in [0.29, 0.717) is 17.2 Å². The topological polar surface area (TPSA) is 80.3 Å². The number of thioether (sulfide) groups is 1. The molecule has 0 atom stereocenters. The highest BCUT2D eigenvalue weighted by atomic mass is 32.2. The van der Waals surface area contributed by atoms with Crippen molar-refractivity contribution in [2.45, 2.75) is 43.4 Å². The third-order valence-electron chi connectivity index (χ3n) is 7.13. The van der Waals surface area contributed by atoms with Gasteiger partial charge in [-0.1, -0.05) is 17.8 Å². The summed E-state index contributed by atoms with van der Waals surface area (Å²) in [5.41, 5.74) is 8.50. The SMILES string of the molecule is CSc1nc2cc(F)ccc2n1C1CCN(C(=O)C2CCN(Cc3ccc(N)nc3)CC2)CC1. The molecule has 2 aliphatic heterocycles. The van der Waals surface area contributed by atoms with Gasteiger partial charge in [-0.3, -0.25) is 9.69 Å². The first kappa shape index (κ1) is 23.1. The molecule has 2 N–H and O–H groups in total. The molecule has 1 amide bonds. The summed E-state index contributed by atoms with van der Waals surface area (Å²) in [6, 6.07) is 8.95. The predicted octanol–water partition coefficient (Wildman–Crippen LogP) is 3.95. The zero-order valence-corrected chi connectivity index (χ0v) is 20.3. The number of carbonyl (C=O) groups is 1. The summed E-state index contributed by atoms with van der Waals surface area (Å²) in [5, 5.41) is 0.911. The number of nitrogens with zero attached hydrogens (tertiary/aromatic N) is 5. The second-order valence-electron chi connectivity index (χ2n) is 9.30. The number of anilines is 1. The summed E-state index contributed by atoms with van der Waals surface area (Å²) in [6.07, 6.45) is 7.42. The largest absolute Gasteiger partial charge is 0.384 e. The van der Waals surface area contributed by atoms with Gasteiger partial charge in [-0.15, -0.1) is 0 Å². The minimum atomic E-state index is -0.263. The third kappa shape index (κ3) is 4.77. The van der Waals surface area contributed by atoms with Gasteiger partial charge in [0.1, 0.15) is 11.6 Å². The molecule has 0 radical (unpaired) electrons. The van der Waals surface area contributed by atoms with E-state index in [1.54, 1.807) is 11.8 Å². The molecule has 0 bridgehead atoms. The van der Waals surface area contributed by atoms with E-state index in [2.05, 4.69) is 24.3 Å². The summed E-state index contributed by atoms with van der Waals surface area (Å²) < 4.78 is 15.9. The van der Waals surface area contributed by atoms with Gasteiger partial charge in [0, 0.05) is 43.9 Å². The number of rotatable bonds is 5. The zero-order valence-electron chi connectivity index (χ0n) is 19.5. The Morgan fingerprint density at radius 2 is 1.88 bits per heavy atom. The number of imidazole rings is 1. The van der Waals surface area contributed by atoms with E-state index in [4.69, 9.17) is 5.73 Å². The molecule has 7 nitrogen and oxygen atoms in total. The van der Waals surface area contributed by atoms with Gasteiger partial charge in [-0.05, 0) is 68.8 Å². The molecule has 4 heterocycles. The fraction of sp³-hybridized carbons (Fsp3) is 0.480. The number of nitrogen functional groups attached to an aromatic ring is 1. The predicted molar refractivity (Wildman–Crippen MR) is 133 cm³/mol. The van der Waals surface area contributed by atoms with Crippen LogP contribution in [-0.4, -0.2) is 62.7 Å². The first-order chi connectivity index (χ1) is 16.5. The van der Waals surface area contributed by atoms with E-state index >= 15 is 0 Å². The molecule has 5 rings (SSSR count). The highest BCUT2D eigenvalue weighted by molar-refractivity contribution is 7.98. The Bertz CT molecular complexity index is 1150. The molecular formula is C25H31FN6OS. The number of carbonyl (C=O) groups excluding carboxylic acids is 1. The minimum Gasteiger partial charge on any atom is -0.384 e. The van der Waals surface area contributed by atoms with Crippen LogP contribution in [0.3, 0.4) is 0 Å². The average Bonchev–Trinajstić information content (AvgIpc) is 3.23. The number of benzene rings is 1. The van der Waals surface area contributed by atoms with Gasteiger partial charge >= 0.3 is 0 Å². The van der Waals surface area contributed by atoms with E-state index in [-0.39, 0.29) is 17.8 Å². The van der Waals surface area contributed by atoms with Crippen molar-refractivity contribution in [1.82, 2.24) is 24.3 Å². The van der Waals surface area contributed by atoms with E-state index in [1.165, 1.54) is 12.1 Å². The summed E-state index contributed by atoms with van der Waals surface area (Å²) >= 11 is 1.59. The lowest BCUT2D eigenvalue weighted by Crippen LogP contribution is -2.45. The molecule has 34 heavy (non-hydrogen) atoms. The van der Waals surface area contributed by atoms with Crippen LogP contribution in [0.5, 0.6) is 0 Å². The Hall–Kier alpha value is -2.65. The van der Waals surface area contributed by atoms with Gasteiger partial charge in [0.25, 0.3) is 0 Å². The first-order valence-electron chi connectivity index (χ1n) is 11.9. The van der Waals surface area contributed by atoms with Crippen molar-refractivity contribution < 1.29 is 9.18 Å². The number of fused-ring (bicyclic) bond motifs is 1. The van der Waals surface area contributed by atoms with Crippen LogP contribution in [0.1, 0.15) is 37.3 Å². The van der Waals surface area contributed by atoms with E-state index in [1.807, 2.05) is 30.7 Å². The van der Waals surface area contributed by atoms with E-state index in [9.17, 15) is 9.18 Å². The maximum Gasteiger partial charge on any atom is 0.225 e. The van der Waals surface area contributed by atoms with E-state index < -0.39 is 0 Å². The molecule has 1 aromatic carbocycles. The number of aromatic nitrogens is 3.